The first kappa shape index (κ1) is 11.0. The van der Waals surface area contributed by atoms with Crippen LogP contribution in [0.2, 0.25) is 5.15 Å². The normalized spacial score (nSPS) is 10.6. The Bertz CT molecular complexity index is 411. The molecule has 0 bridgehead atoms. The van der Waals surface area contributed by atoms with Gasteiger partial charge in [0, 0.05) is 25.5 Å². The molecule has 1 N–H and O–H groups in total. The molecule has 0 amide bonds. The fourth-order valence-electron chi connectivity index (χ4n) is 1.29. The van der Waals surface area contributed by atoms with Crippen molar-refractivity contribution in [1.29, 1.82) is 0 Å². The zero-order chi connectivity index (χ0) is 11.2. The molecule has 0 unspecified atom stereocenters. The van der Waals surface area contributed by atoms with Gasteiger partial charge in [-0.1, -0.05) is 22.9 Å². The molecule has 0 saturated carbocycles. The average Bonchev–Trinajstić information content (AvgIpc) is 2.80. The minimum atomic E-state index is 0.520. The van der Waals surface area contributed by atoms with E-state index in [-0.39, 0.29) is 0 Å². The van der Waals surface area contributed by atoms with Crippen molar-refractivity contribution in [1.82, 2.24) is 25.3 Å². The van der Waals surface area contributed by atoms with Gasteiger partial charge < -0.3 is 5.32 Å². The van der Waals surface area contributed by atoms with Crippen LogP contribution in [0.3, 0.4) is 0 Å². The Hall–Kier alpha value is -1.46. The van der Waals surface area contributed by atoms with E-state index in [1.54, 1.807) is 23.1 Å². The van der Waals surface area contributed by atoms with E-state index in [9.17, 15) is 0 Å². The fraction of sp³-hybridized carbons (Fsp3) is 0.300. The van der Waals surface area contributed by atoms with E-state index in [1.165, 1.54) is 0 Å². The summed E-state index contributed by atoms with van der Waals surface area (Å²) in [6, 6.07) is 3.74. The maximum Gasteiger partial charge on any atom is 0.129 e. The Morgan fingerprint density at radius 1 is 1.38 bits per heavy atom. The number of nitrogens with one attached hydrogen (secondary N) is 1. The standard InChI is InChI=1S/C10H12ClN5/c11-10-2-1-9(8-13-10)7-12-3-5-16-6-4-14-15-16/h1-2,4,6,8,12H,3,5,7H2. The van der Waals surface area contributed by atoms with Crippen molar-refractivity contribution in [3.63, 3.8) is 0 Å². The molecule has 0 spiro atoms. The molecule has 0 aliphatic carbocycles. The van der Waals surface area contributed by atoms with Gasteiger partial charge in [-0.25, -0.2) is 4.98 Å². The van der Waals surface area contributed by atoms with Gasteiger partial charge in [0.15, 0.2) is 0 Å². The summed E-state index contributed by atoms with van der Waals surface area (Å²) in [4.78, 5) is 4.01. The number of hydrogen-bond acceptors (Lipinski definition) is 4. The zero-order valence-corrected chi connectivity index (χ0v) is 9.43. The molecule has 0 aliphatic rings. The molecule has 0 saturated heterocycles. The Morgan fingerprint density at radius 2 is 2.31 bits per heavy atom. The highest BCUT2D eigenvalue weighted by molar-refractivity contribution is 6.29. The minimum Gasteiger partial charge on any atom is -0.311 e. The molecule has 16 heavy (non-hydrogen) atoms. The van der Waals surface area contributed by atoms with Crippen LogP contribution in [-0.2, 0) is 13.1 Å². The third kappa shape index (κ3) is 3.29. The summed E-state index contributed by atoms with van der Waals surface area (Å²) in [5.41, 5.74) is 1.11. The molecule has 2 aromatic heterocycles. The lowest BCUT2D eigenvalue weighted by atomic mass is 10.3. The summed E-state index contributed by atoms with van der Waals surface area (Å²) in [7, 11) is 0. The van der Waals surface area contributed by atoms with Gasteiger partial charge in [0.25, 0.3) is 0 Å². The Balaban J connectivity index is 1.70. The Kier molecular flexibility index (Phi) is 3.85. The summed E-state index contributed by atoms with van der Waals surface area (Å²) in [5.74, 6) is 0. The molecule has 2 aromatic rings. The Morgan fingerprint density at radius 3 is 3.00 bits per heavy atom. The van der Waals surface area contributed by atoms with Crippen LogP contribution < -0.4 is 5.32 Å². The summed E-state index contributed by atoms with van der Waals surface area (Å²) in [6.45, 7) is 2.42. The molecular formula is C10H12ClN5. The molecule has 0 fully saturated rings. The van der Waals surface area contributed by atoms with E-state index in [2.05, 4.69) is 20.6 Å². The number of aromatic nitrogens is 4. The van der Waals surface area contributed by atoms with Crippen molar-refractivity contribution in [3.8, 4) is 0 Å². The highest BCUT2D eigenvalue weighted by Gasteiger charge is 1.94. The molecule has 0 atom stereocenters. The van der Waals surface area contributed by atoms with Gasteiger partial charge in [0.2, 0.25) is 0 Å². The Labute approximate surface area is 98.5 Å². The van der Waals surface area contributed by atoms with Crippen molar-refractivity contribution in [2.45, 2.75) is 13.1 Å². The number of nitrogens with zero attached hydrogens (tertiary/aromatic N) is 4. The van der Waals surface area contributed by atoms with Gasteiger partial charge in [-0.3, -0.25) is 4.68 Å². The van der Waals surface area contributed by atoms with Crippen molar-refractivity contribution in [3.05, 3.63) is 41.4 Å². The van der Waals surface area contributed by atoms with Gasteiger partial charge in [-0.2, -0.15) is 0 Å². The van der Waals surface area contributed by atoms with Crippen molar-refractivity contribution in [2.24, 2.45) is 0 Å². The SMILES string of the molecule is Clc1ccc(CNCCn2ccnn2)cn1. The maximum absolute atomic E-state index is 5.69. The maximum atomic E-state index is 5.69. The molecule has 84 valence electrons. The third-order valence-corrected chi connectivity index (χ3v) is 2.33. The minimum absolute atomic E-state index is 0.520. The van der Waals surface area contributed by atoms with Crippen LogP contribution in [0.4, 0.5) is 0 Å². The van der Waals surface area contributed by atoms with Gasteiger partial charge in [0.1, 0.15) is 5.15 Å². The number of pyridine rings is 1. The van der Waals surface area contributed by atoms with Crippen LogP contribution in [0.15, 0.2) is 30.7 Å². The quantitative estimate of drug-likeness (QED) is 0.626. The summed E-state index contributed by atoms with van der Waals surface area (Å²) in [5, 5.41) is 11.4. The summed E-state index contributed by atoms with van der Waals surface area (Å²) < 4.78 is 1.78. The lowest BCUT2D eigenvalue weighted by Crippen LogP contribution is -2.19. The molecular weight excluding hydrogens is 226 g/mol. The van der Waals surface area contributed by atoms with Crippen LogP contribution in [0, 0.1) is 0 Å². The number of hydrogen-bond donors (Lipinski definition) is 1. The van der Waals surface area contributed by atoms with E-state index in [0.29, 0.717) is 5.15 Å². The summed E-state index contributed by atoms with van der Waals surface area (Å²) in [6.07, 6.45) is 5.28. The molecule has 0 aromatic carbocycles. The van der Waals surface area contributed by atoms with Gasteiger partial charge in [-0.15, -0.1) is 5.10 Å². The topological polar surface area (TPSA) is 55.6 Å². The van der Waals surface area contributed by atoms with E-state index in [4.69, 9.17) is 11.6 Å². The number of rotatable bonds is 5. The van der Waals surface area contributed by atoms with E-state index < -0.39 is 0 Å². The van der Waals surface area contributed by atoms with Gasteiger partial charge in [-0.05, 0) is 11.6 Å². The van der Waals surface area contributed by atoms with Gasteiger partial charge in [0.05, 0.1) is 12.7 Å². The molecule has 0 radical (unpaired) electrons. The zero-order valence-electron chi connectivity index (χ0n) is 8.67. The van der Waals surface area contributed by atoms with Crippen molar-refractivity contribution >= 4 is 11.6 Å². The lowest BCUT2D eigenvalue weighted by Gasteiger charge is -2.04. The predicted molar refractivity (Wildman–Crippen MR) is 61.0 cm³/mol. The highest BCUT2D eigenvalue weighted by atomic mass is 35.5. The van der Waals surface area contributed by atoms with Crippen LogP contribution in [-0.4, -0.2) is 26.5 Å². The molecule has 0 aliphatic heterocycles. The van der Waals surface area contributed by atoms with Crippen molar-refractivity contribution < 1.29 is 0 Å². The van der Waals surface area contributed by atoms with Crippen molar-refractivity contribution in [2.75, 3.05) is 6.54 Å². The third-order valence-electron chi connectivity index (χ3n) is 2.11. The predicted octanol–water partition coefficient (Wildman–Crippen LogP) is 1.12. The summed E-state index contributed by atoms with van der Waals surface area (Å²) >= 11 is 5.69. The molecule has 5 nitrogen and oxygen atoms in total. The second-order valence-electron chi connectivity index (χ2n) is 3.33. The molecule has 6 heteroatoms. The second-order valence-corrected chi connectivity index (χ2v) is 3.72. The van der Waals surface area contributed by atoms with E-state index >= 15 is 0 Å². The van der Waals surface area contributed by atoms with E-state index in [1.807, 2.05) is 12.3 Å². The van der Waals surface area contributed by atoms with Gasteiger partial charge >= 0.3 is 0 Å². The first-order valence-corrected chi connectivity index (χ1v) is 5.37. The monoisotopic (exact) mass is 237 g/mol. The average molecular weight is 238 g/mol. The smallest absolute Gasteiger partial charge is 0.129 e. The first-order valence-electron chi connectivity index (χ1n) is 5.00. The van der Waals surface area contributed by atoms with E-state index in [0.717, 1.165) is 25.2 Å². The van der Waals surface area contributed by atoms with Crippen LogP contribution in [0.5, 0.6) is 0 Å². The molecule has 2 rings (SSSR count). The van der Waals surface area contributed by atoms with Crippen LogP contribution in [0.25, 0.3) is 0 Å². The van der Waals surface area contributed by atoms with Crippen LogP contribution in [0.1, 0.15) is 5.56 Å². The first-order chi connectivity index (χ1) is 7.84. The number of halogens is 1. The second kappa shape index (κ2) is 5.58. The van der Waals surface area contributed by atoms with Crippen LogP contribution >= 0.6 is 11.6 Å². The highest BCUT2D eigenvalue weighted by Crippen LogP contribution is 2.04. The largest absolute Gasteiger partial charge is 0.311 e. The molecule has 2 heterocycles. The lowest BCUT2D eigenvalue weighted by molar-refractivity contribution is 0.540. The fourth-order valence-corrected chi connectivity index (χ4v) is 1.40.